The number of aromatic hydroxyl groups is 1. The molecule has 21 heavy (non-hydrogen) atoms. The summed E-state index contributed by atoms with van der Waals surface area (Å²) in [6, 6.07) is 4.52. The van der Waals surface area contributed by atoms with E-state index in [9.17, 15) is 14.7 Å². The molecule has 2 atom stereocenters. The molecule has 0 aliphatic carbocycles. The molecule has 2 N–H and O–H groups in total. The van der Waals surface area contributed by atoms with Crippen molar-refractivity contribution >= 4 is 11.8 Å². The normalized spacial score (nSPS) is 24.4. The summed E-state index contributed by atoms with van der Waals surface area (Å²) < 4.78 is 5.02. The highest BCUT2D eigenvalue weighted by Gasteiger charge is 2.43. The molecule has 3 rings (SSSR count). The fourth-order valence-electron chi connectivity index (χ4n) is 3.18. The summed E-state index contributed by atoms with van der Waals surface area (Å²) in [7, 11) is 1.50. The van der Waals surface area contributed by atoms with E-state index in [-0.39, 0.29) is 35.1 Å². The zero-order valence-electron chi connectivity index (χ0n) is 11.8. The van der Waals surface area contributed by atoms with Gasteiger partial charge in [-0.05, 0) is 25.0 Å². The van der Waals surface area contributed by atoms with Gasteiger partial charge in [-0.1, -0.05) is 0 Å². The smallest absolute Gasteiger partial charge is 0.257 e. The van der Waals surface area contributed by atoms with Gasteiger partial charge < -0.3 is 20.1 Å². The number of likely N-dealkylation sites (tertiary alicyclic amines) is 1. The molecule has 0 bridgehead atoms. The number of phenolic OH excluding ortho intramolecular Hbond substituents is 1. The lowest BCUT2D eigenvalue weighted by atomic mass is 9.91. The Kier molecular flexibility index (Phi) is 3.45. The minimum Gasteiger partial charge on any atom is -0.507 e. The molecule has 0 saturated carbocycles. The molecule has 2 saturated heterocycles. The van der Waals surface area contributed by atoms with Crippen LogP contribution in [0.25, 0.3) is 0 Å². The molecule has 2 heterocycles. The minimum atomic E-state index is -0.235. The third-order valence-corrected chi connectivity index (χ3v) is 4.30. The third kappa shape index (κ3) is 2.30. The van der Waals surface area contributed by atoms with Gasteiger partial charge >= 0.3 is 0 Å². The lowest BCUT2D eigenvalue weighted by molar-refractivity contribution is -0.123. The molecule has 0 radical (unpaired) electrons. The van der Waals surface area contributed by atoms with Crippen molar-refractivity contribution in [3.8, 4) is 11.5 Å². The summed E-state index contributed by atoms with van der Waals surface area (Å²) in [5, 5.41) is 12.8. The van der Waals surface area contributed by atoms with Crippen molar-refractivity contribution in [2.45, 2.75) is 18.9 Å². The van der Waals surface area contributed by atoms with Crippen LogP contribution < -0.4 is 10.1 Å². The van der Waals surface area contributed by atoms with Gasteiger partial charge in [0.15, 0.2) is 0 Å². The minimum absolute atomic E-state index is 0.0245. The summed E-state index contributed by atoms with van der Waals surface area (Å²) in [5.41, 5.74) is 0.246. The second kappa shape index (κ2) is 5.27. The van der Waals surface area contributed by atoms with Crippen LogP contribution in [-0.4, -0.2) is 48.1 Å². The Bertz CT molecular complexity index is 587. The van der Waals surface area contributed by atoms with E-state index in [4.69, 9.17) is 4.74 Å². The molecule has 2 aliphatic rings. The molecular formula is C15H18N2O4. The summed E-state index contributed by atoms with van der Waals surface area (Å²) in [6.45, 7) is 1.10. The van der Waals surface area contributed by atoms with E-state index in [1.165, 1.54) is 13.2 Å². The first-order valence-electron chi connectivity index (χ1n) is 7.07. The number of piperidine rings is 1. The number of carbonyl (C=O) groups excluding carboxylic acids is 2. The summed E-state index contributed by atoms with van der Waals surface area (Å²) in [4.78, 5) is 26.1. The molecule has 2 fully saturated rings. The highest BCUT2D eigenvalue weighted by atomic mass is 16.5. The standard InChI is InChI=1S/C15H18N2O4/c1-21-9-4-5-11(13(18)7-9)15(20)17-6-2-3-10-12(17)8-16-14(10)19/h4-5,7,10,12,18H,2-3,6,8H2,1H3,(H,16,19). The number of ether oxygens (including phenoxy) is 1. The Balaban J connectivity index is 1.86. The van der Waals surface area contributed by atoms with E-state index >= 15 is 0 Å². The maximum Gasteiger partial charge on any atom is 0.257 e. The van der Waals surface area contributed by atoms with Crippen molar-refractivity contribution in [3.05, 3.63) is 23.8 Å². The summed E-state index contributed by atoms with van der Waals surface area (Å²) in [5.74, 6) is 0.0675. The third-order valence-electron chi connectivity index (χ3n) is 4.30. The van der Waals surface area contributed by atoms with E-state index in [1.807, 2.05) is 0 Å². The molecule has 1 aromatic rings. The number of hydrogen-bond acceptors (Lipinski definition) is 4. The van der Waals surface area contributed by atoms with Crippen molar-refractivity contribution in [3.63, 3.8) is 0 Å². The van der Waals surface area contributed by atoms with Crippen LogP contribution in [0.5, 0.6) is 11.5 Å². The second-order valence-corrected chi connectivity index (χ2v) is 5.44. The van der Waals surface area contributed by atoms with Crippen LogP contribution in [0.15, 0.2) is 18.2 Å². The number of amides is 2. The monoisotopic (exact) mass is 290 g/mol. The molecule has 0 spiro atoms. The van der Waals surface area contributed by atoms with Crippen LogP contribution >= 0.6 is 0 Å². The predicted octanol–water partition coefficient (Wildman–Crippen LogP) is 0.751. The number of rotatable bonds is 2. The SMILES string of the molecule is COc1ccc(C(=O)N2CCCC3C(=O)NCC32)c(O)c1. The molecule has 2 amide bonds. The number of nitrogens with one attached hydrogen (secondary N) is 1. The molecule has 2 unspecified atom stereocenters. The fraction of sp³-hybridized carbons (Fsp3) is 0.467. The van der Waals surface area contributed by atoms with Gasteiger partial charge in [0.05, 0.1) is 24.6 Å². The predicted molar refractivity (Wildman–Crippen MR) is 75.2 cm³/mol. The van der Waals surface area contributed by atoms with Crippen molar-refractivity contribution in [1.82, 2.24) is 10.2 Å². The first-order valence-corrected chi connectivity index (χ1v) is 7.07. The highest BCUT2D eigenvalue weighted by Crippen LogP contribution is 2.31. The Morgan fingerprint density at radius 2 is 2.29 bits per heavy atom. The van der Waals surface area contributed by atoms with Crippen LogP contribution in [0.3, 0.4) is 0 Å². The number of fused-ring (bicyclic) bond motifs is 1. The average molecular weight is 290 g/mol. The van der Waals surface area contributed by atoms with Gasteiger partial charge in [-0.2, -0.15) is 0 Å². The number of nitrogens with zero attached hydrogens (tertiary/aromatic N) is 1. The van der Waals surface area contributed by atoms with Gasteiger partial charge in [-0.15, -0.1) is 0 Å². The van der Waals surface area contributed by atoms with E-state index in [0.29, 0.717) is 18.8 Å². The Labute approximate surface area is 122 Å². The molecule has 1 aromatic carbocycles. The van der Waals surface area contributed by atoms with Gasteiger partial charge in [-0.3, -0.25) is 9.59 Å². The number of phenols is 1. The van der Waals surface area contributed by atoms with E-state index < -0.39 is 0 Å². The van der Waals surface area contributed by atoms with Gasteiger partial charge in [0.2, 0.25) is 5.91 Å². The van der Waals surface area contributed by atoms with E-state index in [1.54, 1.807) is 17.0 Å². The Hall–Kier alpha value is -2.24. The zero-order chi connectivity index (χ0) is 15.0. The Morgan fingerprint density at radius 3 is 3.00 bits per heavy atom. The van der Waals surface area contributed by atoms with Crippen molar-refractivity contribution < 1.29 is 19.4 Å². The maximum absolute atomic E-state index is 12.7. The lowest BCUT2D eigenvalue weighted by Gasteiger charge is -2.36. The second-order valence-electron chi connectivity index (χ2n) is 5.44. The fourth-order valence-corrected chi connectivity index (χ4v) is 3.18. The van der Waals surface area contributed by atoms with E-state index in [0.717, 1.165) is 12.8 Å². The average Bonchev–Trinajstić information content (AvgIpc) is 2.88. The molecule has 6 nitrogen and oxygen atoms in total. The maximum atomic E-state index is 12.7. The first-order chi connectivity index (χ1) is 10.1. The zero-order valence-corrected chi connectivity index (χ0v) is 11.8. The van der Waals surface area contributed by atoms with Crippen molar-refractivity contribution in [2.24, 2.45) is 5.92 Å². The highest BCUT2D eigenvalue weighted by molar-refractivity contribution is 5.98. The Morgan fingerprint density at radius 1 is 1.48 bits per heavy atom. The molecular weight excluding hydrogens is 272 g/mol. The van der Waals surface area contributed by atoms with Gasteiger partial charge in [0.1, 0.15) is 11.5 Å². The molecule has 6 heteroatoms. The molecule has 0 aromatic heterocycles. The quantitative estimate of drug-likeness (QED) is 0.842. The van der Waals surface area contributed by atoms with Crippen molar-refractivity contribution in [2.75, 3.05) is 20.2 Å². The van der Waals surface area contributed by atoms with E-state index in [2.05, 4.69) is 5.32 Å². The number of hydrogen-bond donors (Lipinski definition) is 2. The van der Waals surface area contributed by atoms with Crippen molar-refractivity contribution in [1.29, 1.82) is 0 Å². The van der Waals surface area contributed by atoms with Crippen LogP contribution in [0.2, 0.25) is 0 Å². The van der Waals surface area contributed by atoms with Crippen LogP contribution in [0.4, 0.5) is 0 Å². The topological polar surface area (TPSA) is 78.9 Å². The molecule has 2 aliphatic heterocycles. The number of methoxy groups -OCH3 is 1. The van der Waals surface area contributed by atoms with Gasteiger partial charge in [0.25, 0.3) is 5.91 Å². The van der Waals surface area contributed by atoms with Crippen LogP contribution in [0.1, 0.15) is 23.2 Å². The van der Waals surface area contributed by atoms with Gasteiger partial charge in [-0.25, -0.2) is 0 Å². The van der Waals surface area contributed by atoms with Crippen LogP contribution in [-0.2, 0) is 4.79 Å². The number of carbonyl (C=O) groups is 2. The lowest BCUT2D eigenvalue weighted by Crippen LogP contribution is -2.48. The first kappa shape index (κ1) is 13.7. The molecule has 112 valence electrons. The summed E-state index contributed by atoms with van der Waals surface area (Å²) >= 11 is 0. The largest absolute Gasteiger partial charge is 0.507 e. The van der Waals surface area contributed by atoms with Gasteiger partial charge in [0, 0.05) is 19.2 Å². The van der Waals surface area contributed by atoms with Crippen LogP contribution in [0, 0.1) is 5.92 Å². The summed E-state index contributed by atoms with van der Waals surface area (Å²) in [6.07, 6.45) is 1.62. The number of benzene rings is 1.